The molecule has 0 radical (unpaired) electrons. The first kappa shape index (κ1) is 10.8. The second-order valence-corrected chi connectivity index (χ2v) is 5.11. The van der Waals surface area contributed by atoms with Crippen LogP contribution in [0, 0.1) is 0 Å². The summed E-state index contributed by atoms with van der Waals surface area (Å²) in [6.07, 6.45) is 2.16. The van der Waals surface area contributed by atoms with E-state index in [1.165, 1.54) is 0 Å². The molecule has 3 rings (SSSR count). The maximum Gasteiger partial charge on any atom is 0.180 e. The van der Waals surface area contributed by atoms with E-state index < -0.39 is 5.60 Å². The Kier molecular flexibility index (Phi) is 2.44. The first-order chi connectivity index (χ1) is 8.20. The van der Waals surface area contributed by atoms with Gasteiger partial charge >= 0.3 is 0 Å². The normalized spacial score (nSPS) is 23.2. The predicted molar refractivity (Wildman–Crippen MR) is 65.2 cm³/mol. The Morgan fingerprint density at radius 3 is 2.71 bits per heavy atom. The molecule has 90 valence electrons. The number of ketones is 1. The standard InChI is InChI=1S/C14H17NO2/c1-15-8-6-14(7-9-15)13(16)10-11-4-2-3-5-12(11)17-14/h2-5H,6-10H2,1H3. The van der Waals surface area contributed by atoms with Crippen LogP contribution in [0.5, 0.6) is 5.75 Å². The van der Waals surface area contributed by atoms with Crippen molar-refractivity contribution in [1.82, 2.24) is 4.90 Å². The topological polar surface area (TPSA) is 29.5 Å². The molecular formula is C14H17NO2. The third-order valence-corrected chi connectivity index (χ3v) is 3.93. The number of piperidine rings is 1. The summed E-state index contributed by atoms with van der Waals surface area (Å²) in [5.74, 6) is 1.15. The molecule has 17 heavy (non-hydrogen) atoms. The number of Topliss-reactive ketones (excluding diaryl/α,β-unsaturated/α-hetero) is 1. The smallest absolute Gasteiger partial charge is 0.180 e. The zero-order valence-corrected chi connectivity index (χ0v) is 10.1. The SMILES string of the molecule is CN1CCC2(CC1)Oc1ccccc1CC2=O. The van der Waals surface area contributed by atoms with Crippen molar-refractivity contribution in [3.63, 3.8) is 0 Å². The minimum Gasteiger partial charge on any atom is -0.479 e. The van der Waals surface area contributed by atoms with Gasteiger partial charge in [0, 0.05) is 37.9 Å². The van der Waals surface area contributed by atoms with E-state index in [1.807, 2.05) is 24.3 Å². The van der Waals surface area contributed by atoms with E-state index in [0.717, 1.165) is 37.2 Å². The van der Waals surface area contributed by atoms with Crippen molar-refractivity contribution in [2.24, 2.45) is 0 Å². The van der Waals surface area contributed by atoms with Gasteiger partial charge in [0.2, 0.25) is 0 Å². The van der Waals surface area contributed by atoms with Gasteiger partial charge in [0.1, 0.15) is 5.75 Å². The molecule has 1 saturated heterocycles. The lowest BCUT2D eigenvalue weighted by Gasteiger charge is -2.42. The van der Waals surface area contributed by atoms with Crippen LogP contribution in [0.1, 0.15) is 18.4 Å². The first-order valence-electron chi connectivity index (χ1n) is 6.18. The Morgan fingerprint density at radius 1 is 1.24 bits per heavy atom. The average Bonchev–Trinajstić information content (AvgIpc) is 2.34. The van der Waals surface area contributed by atoms with E-state index in [1.54, 1.807) is 0 Å². The zero-order chi connectivity index (χ0) is 11.9. The summed E-state index contributed by atoms with van der Waals surface area (Å²) in [5.41, 5.74) is 0.489. The van der Waals surface area contributed by atoms with Crippen LogP contribution < -0.4 is 4.74 Å². The van der Waals surface area contributed by atoms with Gasteiger partial charge < -0.3 is 9.64 Å². The minimum atomic E-state index is -0.541. The van der Waals surface area contributed by atoms with E-state index in [-0.39, 0.29) is 5.78 Å². The fraction of sp³-hybridized carbons (Fsp3) is 0.500. The van der Waals surface area contributed by atoms with Crippen molar-refractivity contribution in [1.29, 1.82) is 0 Å². The van der Waals surface area contributed by atoms with Crippen LogP contribution in [0.15, 0.2) is 24.3 Å². The molecule has 1 fully saturated rings. The molecule has 1 aromatic carbocycles. The molecule has 1 spiro atoms. The van der Waals surface area contributed by atoms with Crippen molar-refractivity contribution in [2.45, 2.75) is 24.9 Å². The van der Waals surface area contributed by atoms with Crippen LogP contribution in [0.3, 0.4) is 0 Å². The van der Waals surface area contributed by atoms with Crippen molar-refractivity contribution in [2.75, 3.05) is 20.1 Å². The molecule has 0 atom stereocenters. The summed E-state index contributed by atoms with van der Waals surface area (Å²) in [6, 6.07) is 7.89. The largest absolute Gasteiger partial charge is 0.479 e. The lowest BCUT2D eigenvalue weighted by Crippen LogP contribution is -2.54. The van der Waals surface area contributed by atoms with E-state index in [9.17, 15) is 4.79 Å². The number of carbonyl (C=O) groups is 1. The van der Waals surface area contributed by atoms with Gasteiger partial charge in [-0.2, -0.15) is 0 Å². The molecule has 0 bridgehead atoms. The summed E-state index contributed by atoms with van der Waals surface area (Å²) in [7, 11) is 2.09. The molecule has 0 aromatic heterocycles. The highest BCUT2D eigenvalue weighted by Gasteiger charge is 2.45. The molecule has 2 aliphatic heterocycles. The number of rotatable bonds is 0. The number of nitrogens with zero attached hydrogens (tertiary/aromatic N) is 1. The lowest BCUT2D eigenvalue weighted by atomic mass is 9.82. The molecule has 2 heterocycles. The van der Waals surface area contributed by atoms with E-state index in [2.05, 4.69) is 11.9 Å². The van der Waals surface area contributed by atoms with E-state index >= 15 is 0 Å². The zero-order valence-electron chi connectivity index (χ0n) is 10.1. The molecule has 2 aliphatic rings. The Balaban J connectivity index is 1.91. The van der Waals surface area contributed by atoms with Crippen molar-refractivity contribution in [3.8, 4) is 5.75 Å². The van der Waals surface area contributed by atoms with Crippen LogP contribution in [0.4, 0.5) is 0 Å². The Bertz CT molecular complexity index is 447. The van der Waals surface area contributed by atoms with Gasteiger partial charge in [-0.25, -0.2) is 0 Å². The van der Waals surface area contributed by atoms with Crippen LogP contribution in [0.2, 0.25) is 0 Å². The molecule has 0 unspecified atom stereocenters. The van der Waals surface area contributed by atoms with Crippen LogP contribution in [-0.4, -0.2) is 36.4 Å². The Morgan fingerprint density at radius 2 is 1.94 bits per heavy atom. The number of benzene rings is 1. The third kappa shape index (κ3) is 1.75. The molecule has 0 N–H and O–H groups in total. The number of para-hydroxylation sites is 1. The number of hydrogen-bond donors (Lipinski definition) is 0. The van der Waals surface area contributed by atoms with Crippen molar-refractivity contribution >= 4 is 5.78 Å². The maximum atomic E-state index is 12.3. The van der Waals surface area contributed by atoms with Crippen LogP contribution in [-0.2, 0) is 11.2 Å². The number of ether oxygens (including phenoxy) is 1. The molecule has 0 amide bonds. The predicted octanol–water partition coefficient (Wildman–Crippen LogP) is 1.66. The lowest BCUT2D eigenvalue weighted by molar-refractivity contribution is -0.139. The maximum absolute atomic E-state index is 12.3. The molecule has 0 aliphatic carbocycles. The fourth-order valence-corrected chi connectivity index (χ4v) is 2.71. The van der Waals surface area contributed by atoms with Gasteiger partial charge in [0.05, 0.1) is 0 Å². The highest BCUT2D eigenvalue weighted by molar-refractivity contribution is 5.91. The van der Waals surface area contributed by atoms with Crippen LogP contribution >= 0.6 is 0 Å². The highest BCUT2D eigenvalue weighted by atomic mass is 16.5. The van der Waals surface area contributed by atoms with Crippen molar-refractivity contribution in [3.05, 3.63) is 29.8 Å². The molecule has 1 aromatic rings. The summed E-state index contributed by atoms with van der Waals surface area (Å²) < 4.78 is 6.04. The fourth-order valence-electron chi connectivity index (χ4n) is 2.71. The van der Waals surface area contributed by atoms with Gasteiger partial charge in [-0.3, -0.25) is 4.79 Å². The van der Waals surface area contributed by atoms with Gasteiger partial charge in [0.25, 0.3) is 0 Å². The number of likely N-dealkylation sites (tertiary alicyclic amines) is 1. The average molecular weight is 231 g/mol. The number of fused-ring (bicyclic) bond motifs is 1. The quantitative estimate of drug-likeness (QED) is 0.680. The van der Waals surface area contributed by atoms with E-state index in [4.69, 9.17) is 4.74 Å². The summed E-state index contributed by atoms with van der Waals surface area (Å²) in [4.78, 5) is 14.5. The second-order valence-electron chi connectivity index (χ2n) is 5.11. The van der Waals surface area contributed by atoms with Gasteiger partial charge in [0.15, 0.2) is 11.4 Å². The Hall–Kier alpha value is -1.35. The van der Waals surface area contributed by atoms with Gasteiger partial charge in [-0.1, -0.05) is 18.2 Å². The summed E-state index contributed by atoms with van der Waals surface area (Å²) in [6.45, 7) is 1.88. The van der Waals surface area contributed by atoms with Crippen LogP contribution in [0.25, 0.3) is 0 Å². The highest BCUT2D eigenvalue weighted by Crippen LogP contribution is 2.36. The van der Waals surface area contributed by atoms with Gasteiger partial charge in [-0.15, -0.1) is 0 Å². The molecular weight excluding hydrogens is 214 g/mol. The molecule has 0 saturated carbocycles. The third-order valence-electron chi connectivity index (χ3n) is 3.93. The van der Waals surface area contributed by atoms with Gasteiger partial charge in [-0.05, 0) is 13.1 Å². The Labute approximate surface area is 101 Å². The molecule has 3 nitrogen and oxygen atoms in total. The second kappa shape index (κ2) is 3.84. The number of hydrogen-bond acceptors (Lipinski definition) is 3. The summed E-state index contributed by atoms with van der Waals surface area (Å²) in [5, 5.41) is 0. The molecule has 3 heteroatoms. The first-order valence-corrected chi connectivity index (χ1v) is 6.18. The summed E-state index contributed by atoms with van der Waals surface area (Å²) >= 11 is 0. The number of carbonyl (C=O) groups excluding carboxylic acids is 1. The van der Waals surface area contributed by atoms with Crippen molar-refractivity contribution < 1.29 is 9.53 Å². The van der Waals surface area contributed by atoms with E-state index in [0.29, 0.717) is 6.42 Å². The minimum absolute atomic E-state index is 0.254. The monoisotopic (exact) mass is 231 g/mol.